The molecule has 0 saturated carbocycles. The zero-order valence-electron chi connectivity index (χ0n) is 50.8. The van der Waals surface area contributed by atoms with Crippen LogP contribution in [0.25, 0.3) is 0 Å². The minimum absolute atomic E-state index is 0.0133. The summed E-state index contributed by atoms with van der Waals surface area (Å²) in [5.74, 6) is -11.9. The highest BCUT2D eigenvalue weighted by Crippen LogP contribution is 2.20. The van der Waals surface area contributed by atoms with Crippen molar-refractivity contribution in [3.63, 3.8) is 0 Å². The molecule has 0 spiro atoms. The van der Waals surface area contributed by atoms with Crippen molar-refractivity contribution in [3.05, 3.63) is 0 Å². The monoisotopic (exact) mass is 1250 g/mol. The van der Waals surface area contributed by atoms with Crippen LogP contribution in [-0.4, -0.2) is 198 Å². The molecule has 494 valence electrons. The molecule has 1 aliphatic rings. The van der Waals surface area contributed by atoms with Crippen molar-refractivity contribution in [2.45, 2.75) is 191 Å². The van der Waals surface area contributed by atoms with Gasteiger partial charge in [0.1, 0.15) is 54.4 Å². The number of nitrogens with one attached hydrogen (secondary N) is 8. The number of guanidine groups is 2. The number of carboxylic acids is 1. The highest BCUT2D eigenvalue weighted by Gasteiger charge is 2.40. The first-order valence-corrected chi connectivity index (χ1v) is 30.7. The summed E-state index contributed by atoms with van der Waals surface area (Å²) in [7, 11) is 0. The molecular weight excluding hydrogens is 1160 g/mol. The van der Waals surface area contributed by atoms with Crippen molar-refractivity contribution in [3.8, 4) is 0 Å². The third kappa shape index (κ3) is 30.6. The van der Waals surface area contributed by atoms with Gasteiger partial charge in [-0.15, -0.1) is 0 Å². The van der Waals surface area contributed by atoms with E-state index in [-0.39, 0.29) is 127 Å². The van der Waals surface area contributed by atoms with E-state index >= 15 is 0 Å². The van der Waals surface area contributed by atoms with Crippen LogP contribution >= 0.6 is 11.8 Å². The van der Waals surface area contributed by atoms with Gasteiger partial charge in [0.05, 0.1) is 18.9 Å². The van der Waals surface area contributed by atoms with Crippen LogP contribution in [0.2, 0.25) is 0 Å². The number of nitrogens with zero attached hydrogens (tertiary/aromatic N) is 3. The van der Waals surface area contributed by atoms with Gasteiger partial charge in [-0.3, -0.25) is 62.7 Å². The van der Waals surface area contributed by atoms with Crippen LogP contribution in [0, 0.1) is 11.8 Å². The second-order valence-corrected chi connectivity index (χ2v) is 23.0. The van der Waals surface area contributed by atoms with Crippen molar-refractivity contribution in [1.29, 1.82) is 0 Å². The van der Waals surface area contributed by atoms with Crippen LogP contribution in [-0.2, 0) is 57.5 Å². The van der Waals surface area contributed by atoms with E-state index in [0.29, 0.717) is 25.0 Å². The standard InChI is InChI=1S/C53H98N20O13S/c1-28(2)25-35(46(80)69-34(18-24-87-5)50(84)73-23-12-17-38(73)51(85)86)70-44(78)31(14-7-9-20-55)67-47(81)36(26-39(56)74)71-45(79)33(16-11-22-64-53(61)62)66-42(76)30(13-6-8-19-54)65-43(77)32(15-10-21-63-52(59)60)68-48(82)37(27-40(57)75)72-49(83)41(58)29(3)4/h28-38,41H,6-27,54-55,58H2,1-5H3,(H2,56,74)(H2,57,75)(H,65,77)(H,66,76)(H,67,81)(H,68,82)(H,69,80)(H,70,78)(H,71,79)(H,72,83)(H,85,86)(H4,59,60,63)(H4,61,62,64)/t30-,31-,32-,33-,34-,35-,36-,37-,38-,41-/m0/s1. The number of aliphatic carboxylic acids is 1. The Balaban J connectivity index is 3.71. The van der Waals surface area contributed by atoms with E-state index in [1.165, 1.54) is 16.7 Å². The molecule has 1 rings (SSSR count). The van der Waals surface area contributed by atoms with E-state index in [9.17, 15) is 62.6 Å². The van der Waals surface area contributed by atoms with Crippen LogP contribution in [0.4, 0.5) is 0 Å². The number of amides is 11. The number of carbonyl (C=O) groups is 12. The zero-order chi connectivity index (χ0) is 65.9. The Morgan fingerprint density at radius 1 is 0.506 bits per heavy atom. The number of nitrogens with two attached hydrogens (primary N) is 9. The molecule has 87 heavy (non-hydrogen) atoms. The number of hydrogen-bond acceptors (Lipinski definition) is 18. The second kappa shape index (κ2) is 41.5. The van der Waals surface area contributed by atoms with Crippen molar-refractivity contribution < 1.29 is 62.6 Å². The fourth-order valence-electron chi connectivity index (χ4n) is 9.05. The molecular formula is C53H98N20O13S. The average molecular weight is 1260 g/mol. The second-order valence-electron chi connectivity index (χ2n) is 22.0. The molecule has 27 N–H and O–H groups in total. The van der Waals surface area contributed by atoms with Crippen molar-refractivity contribution >= 4 is 94.6 Å². The predicted molar refractivity (Wildman–Crippen MR) is 326 cm³/mol. The molecule has 0 aliphatic carbocycles. The summed E-state index contributed by atoms with van der Waals surface area (Å²) in [6.45, 7) is 7.38. The maximum absolute atomic E-state index is 14.4. The summed E-state index contributed by atoms with van der Waals surface area (Å²) in [4.78, 5) is 172. The number of thioether (sulfide) groups is 1. The highest BCUT2D eigenvalue weighted by molar-refractivity contribution is 7.98. The molecule has 34 heteroatoms. The summed E-state index contributed by atoms with van der Waals surface area (Å²) >= 11 is 1.41. The van der Waals surface area contributed by atoms with E-state index in [1.54, 1.807) is 34.0 Å². The van der Waals surface area contributed by atoms with Gasteiger partial charge in [-0.25, -0.2) is 4.79 Å². The third-order valence-corrected chi connectivity index (χ3v) is 14.4. The Hall–Kier alpha value is -7.59. The lowest BCUT2D eigenvalue weighted by atomic mass is 10.0. The lowest BCUT2D eigenvalue weighted by Gasteiger charge is -2.30. The largest absolute Gasteiger partial charge is 0.480 e. The Morgan fingerprint density at radius 3 is 1.22 bits per heavy atom. The summed E-state index contributed by atoms with van der Waals surface area (Å²) in [6.07, 6.45) is 2.08. The van der Waals surface area contributed by atoms with Gasteiger partial charge in [0.15, 0.2) is 11.9 Å². The van der Waals surface area contributed by atoms with Crippen molar-refractivity contribution in [1.82, 2.24) is 47.4 Å². The number of carboxylic acid groups (broad SMARTS) is 1. The SMILES string of the molecule is CSCC[C@H](NC(=O)[C@H](CC(C)C)NC(=O)[C@H](CCCCN)NC(=O)[C@H](CC(N)=O)NC(=O)[C@H](CCCN=C(N)N)NC(=O)[C@H](CCCCN)NC(=O)[C@H](CCCN=C(N)N)NC(=O)[C@H](CC(N)=O)NC(=O)[C@@H](N)C(C)C)C(=O)N1CCC[C@H]1C(=O)O. The van der Waals surface area contributed by atoms with Crippen LogP contribution in [0.1, 0.15) is 130 Å². The molecule has 0 aromatic carbocycles. The average Bonchev–Trinajstić information content (AvgIpc) is 3.06. The molecule has 1 aliphatic heterocycles. The zero-order valence-corrected chi connectivity index (χ0v) is 51.6. The van der Waals surface area contributed by atoms with Crippen LogP contribution in [0.5, 0.6) is 0 Å². The molecule has 1 fully saturated rings. The van der Waals surface area contributed by atoms with Gasteiger partial charge in [-0.1, -0.05) is 27.7 Å². The first kappa shape index (κ1) is 77.4. The molecule has 0 aromatic heterocycles. The number of aliphatic imine (C=N–C) groups is 2. The minimum Gasteiger partial charge on any atom is -0.480 e. The molecule has 33 nitrogen and oxygen atoms in total. The van der Waals surface area contributed by atoms with Gasteiger partial charge in [0, 0.05) is 19.6 Å². The number of unbranched alkanes of at least 4 members (excludes halogenated alkanes) is 2. The summed E-state index contributed by atoms with van der Waals surface area (Å²) < 4.78 is 0. The summed E-state index contributed by atoms with van der Waals surface area (Å²) in [6, 6.07) is -13.8. The maximum Gasteiger partial charge on any atom is 0.326 e. The van der Waals surface area contributed by atoms with Crippen LogP contribution < -0.4 is 94.1 Å². The Morgan fingerprint density at radius 2 is 0.862 bits per heavy atom. The normalized spacial score (nSPS) is 16.0. The predicted octanol–water partition coefficient (Wildman–Crippen LogP) is -6.16. The van der Waals surface area contributed by atoms with Gasteiger partial charge in [-0.2, -0.15) is 11.8 Å². The van der Waals surface area contributed by atoms with Crippen LogP contribution in [0.3, 0.4) is 0 Å². The fraction of sp³-hybridized carbons (Fsp3) is 0.736. The highest BCUT2D eigenvalue weighted by atomic mass is 32.2. The first-order chi connectivity index (χ1) is 41.0. The van der Waals surface area contributed by atoms with E-state index in [2.05, 4.69) is 52.5 Å². The van der Waals surface area contributed by atoms with Gasteiger partial charge in [0.2, 0.25) is 65.0 Å². The van der Waals surface area contributed by atoms with Gasteiger partial charge >= 0.3 is 5.97 Å². The lowest BCUT2D eigenvalue weighted by molar-refractivity contribution is -0.149. The molecule has 1 saturated heterocycles. The van der Waals surface area contributed by atoms with Gasteiger partial charge in [0.25, 0.3) is 0 Å². The quantitative estimate of drug-likeness (QED) is 0.0153. The molecule has 0 unspecified atom stereocenters. The number of likely N-dealkylation sites (tertiary alicyclic amines) is 1. The molecule has 0 radical (unpaired) electrons. The smallest absolute Gasteiger partial charge is 0.326 e. The number of carbonyl (C=O) groups excluding carboxylic acids is 11. The summed E-state index contributed by atoms with van der Waals surface area (Å²) in [5.41, 5.74) is 50.6. The Kier molecular flexibility index (Phi) is 36.9. The van der Waals surface area contributed by atoms with E-state index in [0.717, 1.165) is 0 Å². The van der Waals surface area contributed by atoms with Gasteiger partial charge in [-0.05, 0) is 127 Å². The van der Waals surface area contributed by atoms with Crippen molar-refractivity contribution in [2.75, 3.05) is 44.7 Å². The molecule has 0 bridgehead atoms. The first-order valence-electron chi connectivity index (χ1n) is 29.3. The number of rotatable bonds is 44. The molecule has 11 amide bonds. The molecule has 1 heterocycles. The van der Waals surface area contributed by atoms with E-state index in [1.807, 2.05) is 0 Å². The lowest BCUT2D eigenvalue weighted by Crippen LogP contribution is -2.61. The summed E-state index contributed by atoms with van der Waals surface area (Å²) in [5, 5.41) is 30.3. The van der Waals surface area contributed by atoms with Gasteiger partial charge < -0.3 is 104 Å². The van der Waals surface area contributed by atoms with E-state index in [4.69, 9.17) is 51.6 Å². The topological polar surface area (TPSA) is 583 Å². The maximum atomic E-state index is 14.4. The van der Waals surface area contributed by atoms with Crippen LogP contribution in [0.15, 0.2) is 9.98 Å². The molecule has 0 aromatic rings. The minimum atomic E-state index is -1.79. The fourth-order valence-corrected chi connectivity index (χ4v) is 9.52. The number of primary amides is 2. The third-order valence-electron chi connectivity index (χ3n) is 13.8. The number of hydrogen-bond donors (Lipinski definition) is 18. The van der Waals surface area contributed by atoms with Crippen molar-refractivity contribution in [2.24, 2.45) is 73.4 Å². The molecule has 10 atom stereocenters. The Labute approximate surface area is 512 Å². The van der Waals surface area contributed by atoms with E-state index < -0.39 is 144 Å². The Bertz CT molecular complexity index is 2360.